The molecular formula is C19H21F4N5O3. The first-order valence-corrected chi connectivity index (χ1v) is 9.42. The van der Waals surface area contributed by atoms with E-state index in [4.69, 9.17) is 10.5 Å². The number of anilines is 1. The highest BCUT2D eigenvalue weighted by molar-refractivity contribution is 5.77. The third-order valence-electron chi connectivity index (χ3n) is 4.78. The second-order valence-electron chi connectivity index (χ2n) is 7.14. The van der Waals surface area contributed by atoms with E-state index < -0.39 is 29.2 Å². The van der Waals surface area contributed by atoms with Gasteiger partial charge in [0.1, 0.15) is 11.6 Å². The van der Waals surface area contributed by atoms with E-state index in [0.29, 0.717) is 6.07 Å². The van der Waals surface area contributed by atoms with E-state index >= 15 is 0 Å². The largest absolute Gasteiger partial charge is 0.439 e. The molecule has 4 N–H and O–H groups in total. The van der Waals surface area contributed by atoms with Crippen LogP contribution in [0.5, 0.6) is 11.6 Å². The van der Waals surface area contributed by atoms with Crippen molar-refractivity contribution in [2.24, 2.45) is 5.73 Å². The number of ether oxygens (including phenoxy) is 1. The van der Waals surface area contributed by atoms with E-state index in [1.54, 1.807) is 0 Å². The summed E-state index contributed by atoms with van der Waals surface area (Å²) >= 11 is 0. The van der Waals surface area contributed by atoms with E-state index in [1.165, 1.54) is 23.1 Å². The minimum Gasteiger partial charge on any atom is -0.439 e. The van der Waals surface area contributed by atoms with Gasteiger partial charge in [-0.25, -0.2) is 9.37 Å². The molecule has 1 aromatic carbocycles. The lowest BCUT2D eigenvalue weighted by atomic mass is 9.91. The van der Waals surface area contributed by atoms with Gasteiger partial charge in [-0.2, -0.15) is 18.2 Å². The van der Waals surface area contributed by atoms with Gasteiger partial charge in [-0.15, -0.1) is 0 Å². The van der Waals surface area contributed by atoms with Gasteiger partial charge in [-0.05, 0) is 25.0 Å². The van der Waals surface area contributed by atoms with Crippen LogP contribution in [0.25, 0.3) is 0 Å². The average molecular weight is 443 g/mol. The van der Waals surface area contributed by atoms with Gasteiger partial charge in [0.2, 0.25) is 17.7 Å². The minimum absolute atomic E-state index is 0.0126. The summed E-state index contributed by atoms with van der Waals surface area (Å²) in [5.41, 5.74) is 2.79. The molecular weight excluding hydrogens is 422 g/mol. The zero-order chi connectivity index (χ0) is 22.6. The van der Waals surface area contributed by atoms with Crippen molar-refractivity contribution < 1.29 is 32.2 Å². The molecule has 1 aliphatic heterocycles. The molecule has 168 valence electrons. The summed E-state index contributed by atoms with van der Waals surface area (Å²) < 4.78 is 58.7. The number of hydrogen-bond donors (Lipinski definition) is 3. The topological polar surface area (TPSA) is 114 Å². The zero-order valence-electron chi connectivity index (χ0n) is 16.3. The number of aliphatic hydroxyl groups is 1. The van der Waals surface area contributed by atoms with Crippen LogP contribution in [0, 0.1) is 5.82 Å². The Bertz CT molecular complexity index is 933. The molecule has 1 fully saturated rings. The molecule has 1 aromatic heterocycles. The van der Waals surface area contributed by atoms with E-state index in [9.17, 15) is 27.5 Å². The molecule has 0 bridgehead atoms. The van der Waals surface area contributed by atoms with Crippen LogP contribution in [0.3, 0.4) is 0 Å². The fraction of sp³-hybridized carbons (Fsp3) is 0.421. The molecule has 0 unspecified atom stereocenters. The summed E-state index contributed by atoms with van der Waals surface area (Å²) in [4.78, 5) is 20.4. The van der Waals surface area contributed by atoms with E-state index in [1.807, 2.05) is 0 Å². The van der Waals surface area contributed by atoms with Crippen LogP contribution in [0.4, 0.5) is 23.5 Å². The number of carbonyl (C=O) groups excluding carboxylic acids is 1. The van der Waals surface area contributed by atoms with E-state index in [-0.39, 0.29) is 56.6 Å². The highest BCUT2D eigenvalue weighted by atomic mass is 19.4. The Morgan fingerprint density at radius 1 is 1.26 bits per heavy atom. The minimum atomic E-state index is -4.75. The highest BCUT2D eigenvalue weighted by Crippen LogP contribution is 2.33. The maximum Gasteiger partial charge on any atom is 0.433 e. The SMILES string of the molecule is NCC(=O)NCC1(O)CCN(c2nc(Oc3cccc(F)c3)cc(C(F)(F)F)n2)CC1. The lowest BCUT2D eigenvalue weighted by molar-refractivity contribution is -0.141. The molecule has 1 aliphatic rings. The molecule has 0 radical (unpaired) electrons. The van der Waals surface area contributed by atoms with E-state index in [2.05, 4.69) is 15.3 Å². The number of benzene rings is 1. The molecule has 0 spiro atoms. The third kappa shape index (κ3) is 6.01. The predicted octanol–water partition coefficient (Wildman–Crippen LogP) is 1.83. The number of nitrogens with two attached hydrogens (primary N) is 1. The first kappa shape index (κ1) is 22.7. The van der Waals surface area contributed by atoms with Gasteiger partial charge in [0, 0.05) is 31.8 Å². The number of nitrogens with zero attached hydrogens (tertiary/aromatic N) is 3. The standard InChI is InChI=1S/C19H21F4N5O3/c20-12-2-1-3-13(8-12)31-16-9-14(19(21,22)23)26-17(27-16)28-6-4-18(30,5-7-28)11-25-15(29)10-24/h1-3,8-9,30H,4-7,10-11,24H2,(H,25,29). The summed E-state index contributed by atoms with van der Waals surface area (Å²) in [6.07, 6.45) is -4.42. The molecule has 12 heteroatoms. The van der Waals surface area contributed by atoms with Gasteiger partial charge in [-0.1, -0.05) is 6.07 Å². The second kappa shape index (κ2) is 9.02. The van der Waals surface area contributed by atoms with Gasteiger partial charge in [0.15, 0.2) is 5.69 Å². The van der Waals surface area contributed by atoms with Gasteiger partial charge in [-0.3, -0.25) is 4.79 Å². The Hall–Kier alpha value is -2.99. The zero-order valence-corrected chi connectivity index (χ0v) is 16.3. The summed E-state index contributed by atoms with van der Waals surface area (Å²) in [5.74, 6) is -1.66. The predicted molar refractivity (Wildman–Crippen MR) is 102 cm³/mol. The Labute approximate surface area is 175 Å². The first-order chi connectivity index (χ1) is 14.6. The molecule has 31 heavy (non-hydrogen) atoms. The number of carbonyl (C=O) groups is 1. The van der Waals surface area contributed by atoms with Crippen LogP contribution < -0.4 is 20.7 Å². The van der Waals surface area contributed by atoms with Crippen LogP contribution >= 0.6 is 0 Å². The first-order valence-electron chi connectivity index (χ1n) is 9.42. The van der Waals surface area contributed by atoms with Crippen molar-refractivity contribution in [1.82, 2.24) is 15.3 Å². The fourth-order valence-electron chi connectivity index (χ4n) is 3.04. The summed E-state index contributed by atoms with van der Waals surface area (Å²) in [7, 11) is 0. The van der Waals surface area contributed by atoms with Gasteiger partial charge in [0.25, 0.3) is 0 Å². The number of nitrogens with one attached hydrogen (secondary N) is 1. The van der Waals surface area contributed by atoms with Crippen LogP contribution in [0.2, 0.25) is 0 Å². The van der Waals surface area contributed by atoms with Crippen molar-refractivity contribution in [3.63, 3.8) is 0 Å². The number of aromatic nitrogens is 2. The van der Waals surface area contributed by atoms with Crippen LogP contribution in [0.1, 0.15) is 18.5 Å². The maximum absolute atomic E-state index is 13.4. The normalized spacial score (nSPS) is 16.1. The summed E-state index contributed by atoms with van der Waals surface area (Å²) in [6, 6.07) is 5.56. The summed E-state index contributed by atoms with van der Waals surface area (Å²) in [5, 5.41) is 13.1. The Balaban J connectivity index is 1.78. The third-order valence-corrected chi connectivity index (χ3v) is 4.78. The monoisotopic (exact) mass is 443 g/mol. The second-order valence-corrected chi connectivity index (χ2v) is 7.14. The van der Waals surface area contributed by atoms with Crippen molar-refractivity contribution in [3.8, 4) is 11.6 Å². The Kier molecular flexibility index (Phi) is 6.60. The van der Waals surface area contributed by atoms with Crippen molar-refractivity contribution in [2.75, 3.05) is 31.1 Å². The molecule has 1 saturated heterocycles. The van der Waals surface area contributed by atoms with Gasteiger partial charge >= 0.3 is 6.18 Å². The lowest BCUT2D eigenvalue weighted by Crippen LogP contribution is -2.52. The molecule has 8 nitrogen and oxygen atoms in total. The average Bonchev–Trinajstić information content (AvgIpc) is 2.72. The number of rotatable bonds is 6. The van der Waals surface area contributed by atoms with Crippen molar-refractivity contribution in [3.05, 3.63) is 41.8 Å². The number of alkyl halides is 3. The number of hydrogen-bond acceptors (Lipinski definition) is 7. The Morgan fingerprint density at radius 2 is 1.97 bits per heavy atom. The summed E-state index contributed by atoms with van der Waals surface area (Å²) in [6.45, 7) is 0.0635. The molecule has 0 saturated carbocycles. The van der Waals surface area contributed by atoms with Crippen LogP contribution in [-0.4, -0.2) is 52.8 Å². The van der Waals surface area contributed by atoms with Gasteiger partial charge < -0.3 is 25.8 Å². The fourth-order valence-corrected chi connectivity index (χ4v) is 3.04. The van der Waals surface area contributed by atoms with Crippen molar-refractivity contribution in [2.45, 2.75) is 24.6 Å². The van der Waals surface area contributed by atoms with E-state index in [0.717, 1.165) is 6.07 Å². The number of halogens is 4. The lowest BCUT2D eigenvalue weighted by Gasteiger charge is -2.38. The molecule has 1 amide bonds. The quantitative estimate of drug-likeness (QED) is 0.584. The molecule has 3 rings (SSSR count). The highest BCUT2D eigenvalue weighted by Gasteiger charge is 2.37. The molecule has 0 aliphatic carbocycles. The smallest absolute Gasteiger partial charge is 0.433 e. The Morgan fingerprint density at radius 3 is 2.58 bits per heavy atom. The maximum atomic E-state index is 13.4. The van der Waals surface area contributed by atoms with Crippen LogP contribution in [0.15, 0.2) is 30.3 Å². The van der Waals surface area contributed by atoms with Crippen molar-refractivity contribution in [1.29, 1.82) is 0 Å². The molecule has 2 aromatic rings. The molecule has 0 atom stereocenters. The molecule has 2 heterocycles. The van der Waals surface area contributed by atoms with Crippen molar-refractivity contribution >= 4 is 11.9 Å². The number of piperidine rings is 1. The van der Waals surface area contributed by atoms with Crippen LogP contribution in [-0.2, 0) is 11.0 Å². The number of amides is 1. The van der Waals surface area contributed by atoms with Gasteiger partial charge in [0.05, 0.1) is 12.1 Å².